The van der Waals surface area contributed by atoms with Gasteiger partial charge in [0.25, 0.3) is 11.5 Å². The molecule has 1 N–H and O–H groups in total. The number of amides is 1. The lowest BCUT2D eigenvalue weighted by molar-refractivity contribution is 0.103. The summed E-state index contributed by atoms with van der Waals surface area (Å²) in [5.41, 5.74) is 1.57. The number of nitrogens with zero attached hydrogens (tertiary/aromatic N) is 3. The monoisotopic (exact) mass is 390 g/mol. The molecule has 0 aliphatic heterocycles. The third-order valence-electron chi connectivity index (χ3n) is 4.21. The van der Waals surface area contributed by atoms with Crippen LogP contribution in [0.5, 0.6) is 0 Å². The Labute approximate surface area is 159 Å². The zero-order valence-corrected chi connectivity index (χ0v) is 17.0. The molecule has 0 fully saturated rings. The Morgan fingerprint density at radius 2 is 2.15 bits per heavy atom. The molecule has 26 heavy (non-hydrogen) atoms. The van der Waals surface area contributed by atoms with Crippen LogP contribution in [-0.4, -0.2) is 20.4 Å². The molecule has 0 aromatic carbocycles. The van der Waals surface area contributed by atoms with Gasteiger partial charge in [0, 0.05) is 11.9 Å². The van der Waals surface area contributed by atoms with E-state index in [1.165, 1.54) is 22.7 Å². The van der Waals surface area contributed by atoms with E-state index in [1.807, 2.05) is 12.3 Å². The van der Waals surface area contributed by atoms with Crippen LogP contribution in [0.2, 0.25) is 0 Å². The second-order valence-electron chi connectivity index (χ2n) is 6.52. The molecular weight excluding hydrogens is 368 g/mol. The van der Waals surface area contributed by atoms with Gasteiger partial charge in [-0.3, -0.25) is 19.5 Å². The molecular formula is C18H22N4O2S2. The van der Waals surface area contributed by atoms with Crippen LogP contribution in [0, 0.1) is 6.92 Å². The van der Waals surface area contributed by atoms with Crippen LogP contribution < -0.4 is 10.9 Å². The highest BCUT2D eigenvalue weighted by atomic mass is 32.1. The smallest absolute Gasteiger partial charge is 0.267 e. The summed E-state index contributed by atoms with van der Waals surface area (Å²) in [6.07, 6.45) is 3.51. The Balaban J connectivity index is 1.92. The minimum absolute atomic E-state index is 0.0763. The molecule has 0 spiro atoms. The molecule has 0 radical (unpaired) electrons. The maximum absolute atomic E-state index is 12.7. The summed E-state index contributed by atoms with van der Waals surface area (Å²) < 4.78 is 1.63. The van der Waals surface area contributed by atoms with Gasteiger partial charge in [-0.1, -0.05) is 27.2 Å². The zero-order chi connectivity index (χ0) is 18.8. The van der Waals surface area contributed by atoms with Crippen molar-refractivity contribution in [3.63, 3.8) is 0 Å². The summed E-state index contributed by atoms with van der Waals surface area (Å²) in [5, 5.41) is 5.91. The predicted molar refractivity (Wildman–Crippen MR) is 108 cm³/mol. The minimum atomic E-state index is -0.241. The lowest BCUT2D eigenvalue weighted by atomic mass is 10.2. The highest BCUT2D eigenvalue weighted by molar-refractivity contribution is 7.21. The van der Waals surface area contributed by atoms with Crippen LogP contribution in [0.4, 0.5) is 5.13 Å². The summed E-state index contributed by atoms with van der Waals surface area (Å²) in [6.45, 7) is 8.66. The fourth-order valence-electron chi connectivity index (χ4n) is 2.63. The van der Waals surface area contributed by atoms with Crippen LogP contribution in [0.1, 0.15) is 60.5 Å². The third kappa shape index (κ3) is 3.57. The van der Waals surface area contributed by atoms with Gasteiger partial charge in [0.1, 0.15) is 4.83 Å². The van der Waals surface area contributed by atoms with Gasteiger partial charge < -0.3 is 0 Å². The number of thiophene rings is 1. The first kappa shape index (κ1) is 18.7. The van der Waals surface area contributed by atoms with E-state index in [0.717, 1.165) is 18.5 Å². The first-order valence-electron chi connectivity index (χ1n) is 8.67. The van der Waals surface area contributed by atoms with Crippen molar-refractivity contribution in [3.05, 3.63) is 38.2 Å². The van der Waals surface area contributed by atoms with E-state index in [0.29, 0.717) is 38.3 Å². The van der Waals surface area contributed by atoms with Crippen molar-refractivity contribution in [2.45, 2.75) is 53.0 Å². The van der Waals surface area contributed by atoms with E-state index < -0.39 is 0 Å². The van der Waals surface area contributed by atoms with E-state index >= 15 is 0 Å². The fraction of sp³-hybridized carbons (Fsp3) is 0.444. The van der Waals surface area contributed by atoms with Crippen LogP contribution in [-0.2, 0) is 6.54 Å². The zero-order valence-electron chi connectivity index (χ0n) is 15.3. The number of rotatable bonds is 6. The Morgan fingerprint density at radius 3 is 2.81 bits per heavy atom. The number of carbonyl (C=O) groups excluding carboxylic acids is 1. The molecule has 0 aliphatic carbocycles. The second kappa shape index (κ2) is 7.67. The highest BCUT2D eigenvalue weighted by Gasteiger charge is 2.20. The van der Waals surface area contributed by atoms with Crippen molar-refractivity contribution in [1.82, 2.24) is 14.5 Å². The van der Waals surface area contributed by atoms with Crippen molar-refractivity contribution in [1.29, 1.82) is 0 Å². The Bertz CT molecular complexity index is 1000. The standard InChI is InChI=1S/C18H22N4O2S2/c1-5-6-7-22-9-19-16-13(17(22)24)11(4)14(26-16)15(23)21-18-20-12(8-25-18)10(2)3/h8-10H,5-7H2,1-4H3,(H,20,21,23). The Morgan fingerprint density at radius 1 is 1.38 bits per heavy atom. The van der Waals surface area contributed by atoms with Crippen LogP contribution in [0.25, 0.3) is 10.2 Å². The summed E-state index contributed by atoms with van der Waals surface area (Å²) in [5.74, 6) is 0.0726. The molecule has 0 unspecified atom stereocenters. The Kier molecular flexibility index (Phi) is 5.52. The number of hydrogen-bond donors (Lipinski definition) is 1. The van der Waals surface area contributed by atoms with E-state index in [9.17, 15) is 9.59 Å². The largest absolute Gasteiger partial charge is 0.299 e. The van der Waals surface area contributed by atoms with Gasteiger partial charge in [0.05, 0.1) is 22.3 Å². The molecule has 138 valence electrons. The number of anilines is 1. The summed E-state index contributed by atoms with van der Waals surface area (Å²) in [4.78, 5) is 35.3. The van der Waals surface area contributed by atoms with Crippen LogP contribution in [0.15, 0.2) is 16.5 Å². The molecule has 3 aromatic rings. The molecule has 8 heteroatoms. The van der Waals surface area contributed by atoms with Gasteiger partial charge in [-0.2, -0.15) is 0 Å². The summed E-state index contributed by atoms with van der Waals surface area (Å²) >= 11 is 2.66. The van der Waals surface area contributed by atoms with Crippen LogP contribution >= 0.6 is 22.7 Å². The molecule has 1 amide bonds. The lowest BCUT2D eigenvalue weighted by Gasteiger charge is -2.03. The Hall–Kier alpha value is -2.06. The van der Waals surface area contributed by atoms with Gasteiger partial charge in [-0.05, 0) is 24.8 Å². The van der Waals surface area contributed by atoms with Gasteiger partial charge >= 0.3 is 0 Å². The predicted octanol–water partition coefficient (Wildman–Crippen LogP) is 4.40. The van der Waals surface area contributed by atoms with E-state index in [2.05, 4.69) is 36.1 Å². The normalized spacial score (nSPS) is 11.4. The SMILES string of the molecule is CCCCn1cnc2sc(C(=O)Nc3nc(C(C)C)cs3)c(C)c2c1=O. The minimum Gasteiger partial charge on any atom is -0.299 e. The summed E-state index contributed by atoms with van der Waals surface area (Å²) in [6, 6.07) is 0. The van der Waals surface area contributed by atoms with Gasteiger partial charge in [-0.15, -0.1) is 22.7 Å². The first-order chi connectivity index (χ1) is 12.4. The number of hydrogen-bond acceptors (Lipinski definition) is 6. The van der Waals surface area contributed by atoms with E-state index in [4.69, 9.17) is 0 Å². The van der Waals surface area contributed by atoms with Gasteiger partial charge in [0.2, 0.25) is 0 Å². The van der Waals surface area contributed by atoms with Crippen molar-refractivity contribution < 1.29 is 4.79 Å². The average molecular weight is 391 g/mol. The molecule has 3 aromatic heterocycles. The van der Waals surface area contributed by atoms with Crippen molar-refractivity contribution in [2.24, 2.45) is 0 Å². The highest BCUT2D eigenvalue weighted by Crippen LogP contribution is 2.28. The maximum Gasteiger partial charge on any atom is 0.267 e. The fourth-order valence-corrected chi connectivity index (χ4v) is 4.53. The van der Waals surface area contributed by atoms with Crippen molar-refractivity contribution in [2.75, 3.05) is 5.32 Å². The molecule has 0 saturated heterocycles. The van der Waals surface area contributed by atoms with Crippen molar-refractivity contribution in [3.8, 4) is 0 Å². The second-order valence-corrected chi connectivity index (χ2v) is 8.38. The quantitative estimate of drug-likeness (QED) is 0.677. The lowest BCUT2D eigenvalue weighted by Crippen LogP contribution is -2.20. The van der Waals surface area contributed by atoms with Gasteiger partial charge in [-0.25, -0.2) is 9.97 Å². The third-order valence-corrected chi connectivity index (χ3v) is 6.18. The van der Waals surface area contributed by atoms with Gasteiger partial charge in [0.15, 0.2) is 5.13 Å². The first-order valence-corrected chi connectivity index (χ1v) is 10.4. The summed E-state index contributed by atoms with van der Waals surface area (Å²) in [7, 11) is 0. The van der Waals surface area contributed by atoms with Crippen LogP contribution in [0.3, 0.4) is 0 Å². The number of carbonyl (C=O) groups is 1. The number of fused-ring (bicyclic) bond motifs is 1. The number of unbranched alkanes of at least 4 members (excludes halogenated alkanes) is 1. The topological polar surface area (TPSA) is 76.9 Å². The number of aryl methyl sites for hydroxylation is 2. The number of thiazole rings is 1. The molecule has 6 nitrogen and oxygen atoms in total. The number of aromatic nitrogens is 3. The van der Waals surface area contributed by atoms with Crippen molar-refractivity contribution >= 4 is 43.9 Å². The van der Waals surface area contributed by atoms with E-state index in [-0.39, 0.29) is 11.5 Å². The average Bonchev–Trinajstić information content (AvgIpc) is 3.19. The molecule has 3 heterocycles. The number of nitrogens with one attached hydrogen (secondary N) is 1. The molecule has 0 bridgehead atoms. The molecule has 0 aliphatic rings. The molecule has 3 rings (SSSR count). The maximum atomic E-state index is 12.7. The van der Waals surface area contributed by atoms with E-state index in [1.54, 1.807) is 10.9 Å². The molecule has 0 saturated carbocycles. The molecule has 0 atom stereocenters.